The van der Waals surface area contributed by atoms with Crippen molar-refractivity contribution in [1.29, 1.82) is 0 Å². The molecule has 0 saturated carbocycles. The number of hydrogen-bond acceptors (Lipinski definition) is 3. The molecule has 72 valence electrons. The standard InChI is InChI=1S/C8H11F2N3/c1-4(2)8-12-3-5(6(9)10)7(11)13-8/h3-4,6H,1-2H3,(H2,11,12,13). The minimum absolute atomic E-state index is 0.0917. The van der Waals surface area contributed by atoms with E-state index in [9.17, 15) is 8.78 Å². The van der Waals surface area contributed by atoms with Gasteiger partial charge >= 0.3 is 0 Å². The average molecular weight is 187 g/mol. The maximum absolute atomic E-state index is 12.2. The van der Waals surface area contributed by atoms with Crippen LogP contribution in [0.15, 0.2) is 6.20 Å². The molecule has 0 aromatic carbocycles. The first kappa shape index (κ1) is 9.83. The molecule has 0 saturated heterocycles. The summed E-state index contributed by atoms with van der Waals surface area (Å²) in [6.07, 6.45) is -1.52. The van der Waals surface area contributed by atoms with E-state index in [2.05, 4.69) is 9.97 Å². The highest BCUT2D eigenvalue weighted by Crippen LogP contribution is 2.23. The van der Waals surface area contributed by atoms with E-state index in [0.29, 0.717) is 5.82 Å². The second-order valence-electron chi connectivity index (χ2n) is 3.02. The van der Waals surface area contributed by atoms with Gasteiger partial charge in [-0.25, -0.2) is 18.7 Å². The quantitative estimate of drug-likeness (QED) is 0.771. The summed E-state index contributed by atoms with van der Waals surface area (Å²) in [5, 5.41) is 0. The highest BCUT2D eigenvalue weighted by molar-refractivity contribution is 5.38. The molecular formula is C8H11F2N3. The van der Waals surface area contributed by atoms with Crippen LogP contribution in [0.5, 0.6) is 0 Å². The van der Waals surface area contributed by atoms with E-state index < -0.39 is 6.43 Å². The second kappa shape index (κ2) is 3.64. The van der Waals surface area contributed by atoms with Crippen LogP contribution in [-0.2, 0) is 0 Å². The Bertz CT molecular complexity index is 299. The third kappa shape index (κ3) is 2.11. The molecule has 0 amide bonds. The topological polar surface area (TPSA) is 51.8 Å². The molecule has 2 N–H and O–H groups in total. The zero-order valence-corrected chi connectivity index (χ0v) is 7.46. The van der Waals surface area contributed by atoms with Gasteiger partial charge in [0.2, 0.25) is 0 Å². The number of halogens is 2. The highest BCUT2D eigenvalue weighted by atomic mass is 19.3. The molecule has 1 aromatic heterocycles. The van der Waals surface area contributed by atoms with Crippen LogP contribution in [0.4, 0.5) is 14.6 Å². The predicted molar refractivity (Wildman–Crippen MR) is 45.5 cm³/mol. The molecule has 0 fully saturated rings. The van der Waals surface area contributed by atoms with Crippen molar-refractivity contribution in [2.45, 2.75) is 26.2 Å². The van der Waals surface area contributed by atoms with Gasteiger partial charge in [0.25, 0.3) is 6.43 Å². The largest absolute Gasteiger partial charge is 0.383 e. The van der Waals surface area contributed by atoms with Gasteiger partial charge in [0, 0.05) is 12.1 Å². The molecule has 0 unspecified atom stereocenters. The van der Waals surface area contributed by atoms with Crippen LogP contribution in [0, 0.1) is 0 Å². The van der Waals surface area contributed by atoms with Crippen molar-refractivity contribution in [3.63, 3.8) is 0 Å². The van der Waals surface area contributed by atoms with Crippen LogP contribution in [0.25, 0.3) is 0 Å². The molecule has 3 nitrogen and oxygen atoms in total. The summed E-state index contributed by atoms with van der Waals surface area (Å²) in [5.74, 6) is 0.449. The van der Waals surface area contributed by atoms with E-state index in [0.717, 1.165) is 6.20 Å². The lowest BCUT2D eigenvalue weighted by Gasteiger charge is -2.07. The Morgan fingerprint density at radius 2 is 2.00 bits per heavy atom. The van der Waals surface area contributed by atoms with Gasteiger partial charge in [-0.2, -0.15) is 0 Å². The minimum Gasteiger partial charge on any atom is -0.383 e. The first-order chi connectivity index (χ1) is 6.02. The Morgan fingerprint density at radius 1 is 1.38 bits per heavy atom. The van der Waals surface area contributed by atoms with Gasteiger partial charge < -0.3 is 5.73 Å². The number of nitrogens with two attached hydrogens (primary N) is 1. The number of nitrogens with zero attached hydrogens (tertiary/aromatic N) is 2. The van der Waals surface area contributed by atoms with Crippen LogP contribution in [0.3, 0.4) is 0 Å². The number of rotatable bonds is 2. The first-order valence-corrected chi connectivity index (χ1v) is 3.92. The minimum atomic E-state index is -2.61. The molecule has 0 radical (unpaired) electrons. The molecule has 1 aromatic rings. The van der Waals surface area contributed by atoms with Crippen LogP contribution in [0.2, 0.25) is 0 Å². The van der Waals surface area contributed by atoms with E-state index in [4.69, 9.17) is 5.73 Å². The first-order valence-electron chi connectivity index (χ1n) is 3.92. The number of hydrogen-bond donors (Lipinski definition) is 1. The Kier molecular flexibility index (Phi) is 2.75. The number of aromatic nitrogens is 2. The smallest absolute Gasteiger partial charge is 0.268 e. The lowest BCUT2D eigenvalue weighted by Crippen LogP contribution is -2.05. The van der Waals surface area contributed by atoms with Crippen molar-refractivity contribution < 1.29 is 8.78 Å². The SMILES string of the molecule is CC(C)c1ncc(C(F)F)c(N)n1. The van der Waals surface area contributed by atoms with Crippen LogP contribution >= 0.6 is 0 Å². The summed E-state index contributed by atoms with van der Waals surface area (Å²) in [4.78, 5) is 7.57. The number of alkyl halides is 2. The van der Waals surface area contributed by atoms with E-state index in [1.807, 2.05) is 13.8 Å². The zero-order valence-electron chi connectivity index (χ0n) is 7.46. The molecule has 1 rings (SSSR count). The Labute approximate surface area is 75.0 Å². The maximum Gasteiger partial charge on any atom is 0.268 e. The third-order valence-corrected chi connectivity index (χ3v) is 1.62. The molecule has 0 aliphatic rings. The van der Waals surface area contributed by atoms with E-state index in [-0.39, 0.29) is 17.3 Å². The summed E-state index contributed by atoms with van der Waals surface area (Å²) >= 11 is 0. The number of anilines is 1. The molecule has 13 heavy (non-hydrogen) atoms. The Morgan fingerprint density at radius 3 is 2.38 bits per heavy atom. The molecule has 5 heteroatoms. The lowest BCUT2D eigenvalue weighted by atomic mass is 10.2. The Hall–Kier alpha value is -1.26. The molecule has 0 aliphatic heterocycles. The fourth-order valence-corrected chi connectivity index (χ4v) is 0.865. The van der Waals surface area contributed by atoms with Crippen molar-refractivity contribution in [3.8, 4) is 0 Å². The molecule has 0 bridgehead atoms. The second-order valence-corrected chi connectivity index (χ2v) is 3.02. The van der Waals surface area contributed by atoms with Crippen LogP contribution in [-0.4, -0.2) is 9.97 Å². The number of nitrogen functional groups attached to an aromatic ring is 1. The van der Waals surface area contributed by atoms with Gasteiger partial charge in [-0.05, 0) is 0 Å². The van der Waals surface area contributed by atoms with Crippen LogP contribution in [0.1, 0.15) is 37.6 Å². The van der Waals surface area contributed by atoms with E-state index in [1.165, 1.54) is 0 Å². The monoisotopic (exact) mass is 187 g/mol. The van der Waals surface area contributed by atoms with Crippen molar-refractivity contribution >= 4 is 5.82 Å². The summed E-state index contributed by atoms with van der Waals surface area (Å²) in [7, 11) is 0. The fourth-order valence-electron chi connectivity index (χ4n) is 0.865. The van der Waals surface area contributed by atoms with Crippen molar-refractivity contribution in [1.82, 2.24) is 9.97 Å². The van der Waals surface area contributed by atoms with Gasteiger partial charge in [0.1, 0.15) is 11.6 Å². The van der Waals surface area contributed by atoms with Crippen molar-refractivity contribution in [2.75, 3.05) is 5.73 Å². The fraction of sp³-hybridized carbons (Fsp3) is 0.500. The molecule has 1 heterocycles. The van der Waals surface area contributed by atoms with Crippen molar-refractivity contribution in [2.24, 2.45) is 0 Å². The van der Waals surface area contributed by atoms with Crippen molar-refractivity contribution in [3.05, 3.63) is 17.6 Å². The van der Waals surface area contributed by atoms with Crippen LogP contribution < -0.4 is 5.73 Å². The Balaban J connectivity index is 3.06. The van der Waals surface area contributed by atoms with Gasteiger partial charge in [0.05, 0.1) is 5.56 Å². The average Bonchev–Trinajstić information content (AvgIpc) is 2.03. The third-order valence-electron chi connectivity index (χ3n) is 1.62. The van der Waals surface area contributed by atoms with Gasteiger partial charge in [-0.1, -0.05) is 13.8 Å². The molecular weight excluding hydrogens is 176 g/mol. The molecule has 0 spiro atoms. The molecule has 0 atom stereocenters. The van der Waals surface area contributed by atoms with Gasteiger partial charge in [0.15, 0.2) is 0 Å². The summed E-state index contributed by atoms with van der Waals surface area (Å²) in [6.45, 7) is 3.74. The summed E-state index contributed by atoms with van der Waals surface area (Å²) < 4.78 is 24.4. The van der Waals surface area contributed by atoms with Gasteiger partial charge in [-0.15, -0.1) is 0 Å². The normalized spacial score (nSPS) is 11.2. The van der Waals surface area contributed by atoms with E-state index >= 15 is 0 Å². The summed E-state index contributed by atoms with van der Waals surface area (Å²) in [5.41, 5.74) is 5.03. The van der Waals surface area contributed by atoms with E-state index in [1.54, 1.807) is 0 Å². The molecule has 0 aliphatic carbocycles. The van der Waals surface area contributed by atoms with Gasteiger partial charge in [-0.3, -0.25) is 0 Å². The highest BCUT2D eigenvalue weighted by Gasteiger charge is 2.14. The lowest BCUT2D eigenvalue weighted by molar-refractivity contribution is 0.151. The zero-order chi connectivity index (χ0) is 10.0. The summed E-state index contributed by atoms with van der Waals surface area (Å²) in [6, 6.07) is 0. The predicted octanol–water partition coefficient (Wildman–Crippen LogP) is 2.12. The maximum atomic E-state index is 12.2.